The molecule has 1 N–H and O–H groups in total. The zero-order valence-electron chi connectivity index (χ0n) is 10.1. The predicted octanol–water partition coefficient (Wildman–Crippen LogP) is 0.467. The highest BCUT2D eigenvalue weighted by Crippen LogP contribution is 2.16. The smallest absolute Gasteiger partial charge is 0.229 e. The maximum Gasteiger partial charge on any atom is 0.229 e. The van der Waals surface area contributed by atoms with Gasteiger partial charge in [-0.2, -0.15) is 9.97 Å². The number of methoxy groups -OCH3 is 2. The minimum Gasteiger partial charge on any atom is -0.481 e. The molecular formula is C10H18N4O2. The van der Waals surface area contributed by atoms with Crippen LogP contribution in [-0.2, 0) is 0 Å². The second-order valence-corrected chi connectivity index (χ2v) is 3.51. The van der Waals surface area contributed by atoms with Gasteiger partial charge in [-0.25, -0.2) is 0 Å². The lowest BCUT2D eigenvalue weighted by Gasteiger charge is -2.11. The van der Waals surface area contributed by atoms with Crippen LogP contribution in [0.25, 0.3) is 0 Å². The second kappa shape index (κ2) is 6.12. The minimum atomic E-state index is 0.485. The van der Waals surface area contributed by atoms with E-state index in [-0.39, 0.29) is 0 Å². The molecule has 1 heterocycles. The Morgan fingerprint density at radius 1 is 1.19 bits per heavy atom. The second-order valence-electron chi connectivity index (χ2n) is 3.51. The summed E-state index contributed by atoms with van der Waals surface area (Å²) in [5, 5.41) is 3.10. The summed E-state index contributed by atoms with van der Waals surface area (Å²) < 4.78 is 10.1. The van der Waals surface area contributed by atoms with Crippen LogP contribution in [-0.4, -0.2) is 56.3 Å². The Morgan fingerprint density at radius 3 is 2.19 bits per heavy atom. The van der Waals surface area contributed by atoms with Crippen molar-refractivity contribution in [2.45, 2.75) is 0 Å². The van der Waals surface area contributed by atoms with Gasteiger partial charge in [0.2, 0.25) is 17.7 Å². The molecule has 0 aliphatic heterocycles. The number of ether oxygens (including phenoxy) is 2. The standard InChI is InChI=1S/C10H18N4O2/c1-14(2)6-5-11-10-12-8(15-3)7-9(13-10)16-4/h7H,5-6H2,1-4H3,(H,11,12,13). The lowest BCUT2D eigenvalue weighted by atomic mass is 10.5. The van der Waals surface area contributed by atoms with Gasteiger partial charge in [0, 0.05) is 13.1 Å². The van der Waals surface area contributed by atoms with Crippen molar-refractivity contribution in [2.75, 3.05) is 46.7 Å². The zero-order chi connectivity index (χ0) is 12.0. The highest BCUT2D eigenvalue weighted by molar-refractivity contribution is 5.33. The monoisotopic (exact) mass is 226 g/mol. The molecule has 90 valence electrons. The summed E-state index contributed by atoms with van der Waals surface area (Å²) in [5.74, 6) is 1.48. The van der Waals surface area contributed by atoms with E-state index in [0.717, 1.165) is 13.1 Å². The number of nitrogens with zero attached hydrogens (tertiary/aromatic N) is 3. The van der Waals surface area contributed by atoms with Crippen molar-refractivity contribution in [3.63, 3.8) is 0 Å². The average Bonchev–Trinajstić information content (AvgIpc) is 2.28. The van der Waals surface area contributed by atoms with Crippen LogP contribution < -0.4 is 14.8 Å². The SMILES string of the molecule is COc1cc(OC)nc(NCCN(C)C)n1. The molecular weight excluding hydrogens is 208 g/mol. The normalized spacial score (nSPS) is 10.3. The fraction of sp³-hybridized carbons (Fsp3) is 0.600. The molecule has 0 saturated carbocycles. The van der Waals surface area contributed by atoms with Gasteiger partial charge in [-0.1, -0.05) is 0 Å². The zero-order valence-corrected chi connectivity index (χ0v) is 10.1. The maximum atomic E-state index is 5.04. The number of nitrogens with one attached hydrogen (secondary N) is 1. The van der Waals surface area contributed by atoms with Crippen LogP contribution in [0.5, 0.6) is 11.8 Å². The molecule has 16 heavy (non-hydrogen) atoms. The quantitative estimate of drug-likeness (QED) is 0.760. The van der Waals surface area contributed by atoms with Gasteiger partial charge < -0.3 is 19.7 Å². The van der Waals surface area contributed by atoms with Crippen molar-refractivity contribution in [1.29, 1.82) is 0 Å². The molecule has 6 heteroatoms. The van der Waals surface area contributed by atoms with Gasteiger partial charge in [0.05, 0.1) is 20.3 Å². The fourth-order valence-corrected chi connectivity index (χ4v) is 1.08. The Labute approximate surface area is 95.6 Å². The van der Waals surface area contributed by atoms with E-state index in [1.807, 2.05) is 14.1 Å². The van der Waals surface area contributed by atoms with E-state index < -0.39 is 0 Å². The number of rotatable bonds is 6. The van der Waals surface area contributed by atoms with Crippen LogP contribution in [0.15, 0.2) is 6.07 Å². The van der Waals surface area contributed by atoms with Gasteiger partial charge in [-0.15, -0.1) is 0 Å². The van der Waals surface area contributed by atoms with Gasteiger partial charge >= 0.3 is 0 Å². The molecule has 6 nitrogen and oxygen atoms in total. The van der Waals surface area contributed by atoms with Crippen molar-refractivity contribution in [1.82, 2.24) is 14.9 Å². The lowest BCUT2D eigenvalue weighted by molar-refractivity contribution is 0.372. The predicted molar refractivity (Wildman–Crippen MR) is 62.2 cm³/mol. The topological polar surface area (TPSA) is 59.5 Å². The molecule has 1 aromatic rings. The molecule has 0 unspecified atom stereocenters. The van der Waals surface area contributed by atoms with Crippen molar-refractivity contribution in [3.8, 4) is 11.8 Å². The largest absolute Gasteiger partial charge is 0.481 e. The summed E-state index contributed by atoms with van der Waals surface area (Å²) in [4.78, 5) is 10.4. The molecule has 0 fully saturated rings. The van der Waals surface area contributed by atoms with Gasteiger partial charge in [-0.05, 0) is 14.1 Å². The van der Waals surface area contributed by atoms with Crippen LogP contribution in [0.1, 0.15) is 0 Å². The van der Waals surface area contributed by atoms with Crippen LogP contribution >= 0.6 is 0 Å². The van der Waals surface area contributed by atoms with E-state index in [0.29, 0.717) is 17.7 Å². The highest BCUT2D eigenvalue weighted by atomic mass is 16.5. The van der Waals surface area contributed by atoms with Crippen molar-refractivity contribution >= 4 is 5.95 Å². The minimum absolute atomic E-state index is 0.485. The number of hydrogen-bond donors (Lipinski definition) is 1. The van der Waals surface area contributed by atoms with E-state index in [9.17, 15) is 0 Å². The first-order chi connectivity index (χ1) is 7.65. The molecule has 1 rings (SSSR count). The molecule has 0 aliphatic rings. The molecule has 0 bridgehead atoms. The van der Waals surface area contributed by atoms with Crippen LogP contribution in [0.3, 0.4) is 0 Å². The first-order valence-corrected chi connectivity index (χ1v) is 5.01. The van der Waals surface area contributed by atoms with Gasteiger partial charge in [-0.3, -0.25) is 0 Å². The Balaban J connectivity index is 2.64. The number of anilines is 1. The van der Waals surface area contributed by atoms with E-state index in [1.165, 1.54) is 0 Å². The van der Waals surface area contributed by atoms with E-state index in [4.69, 9.17) is 9.47 Å². The first-order valence-electron chi connectivity index (χ1n) is 5.01. The summed E-state index contributed by atoms with van der Waals surface area (Å²) in [6.07, 6.45) is 0. The summed E-state index contributed by atoms with van der Waals surface area (Å²) in [5.41, 5.74) is 0. The average molecular weight is 226 g/mol. The summed E-state index contributed by atoms with van der Waals surface area (Å²) in [6.45, 7) is 1.67. The molecule has 0 amide bonds. The van der Waals surface area contributed by atoms with E-state index in [2.05, 4.69) is 20.2 Å². The number of hydrogen-bond acceptors (Lipinski definition) is 6. The number of likely N-dealkylation sites (N-methyl/N-ethyl adjacent to an activating group) is 1. The Hall–Kier alpha value is -1.56. The Morgan fingerprint density at radius 2 is 1.75 bits per heavy atom. The Kier molecular flexibility index (Phi) is 4.78. The summed E-state index contributed by atoms with van der Waals surface area (Å²) >= 11 is 0. The van der Waals surface area contributed by atoms with Crippen LogP contribution in [0.4, 0.5) is 5.95 Å². The van der Waals surface area contributed by atoms with Gasteiger partial charge in [0.1, 0.15) is 0 Å². The molecule has 0 saturated heterocycles. The van der Waals surface area contributed by atoms with Crippen molar-refractivity contribution in [2.24, 2.45) is 0 Å². The molecule has 0 aromatic carbocycles. The summed E-state index contributed by atoms with van der Waals surface area (Å²) in [7, 11) is 7.14. The van der Waals surface area contributed by atoms with E-state index in [1.54, 1.807) is 20.3 Å². The molecule has 0 spiro atoms. The van der Waals surface area contributed by atoms with Crippen LogP contribution in [0.2, 0.25) is 0 Å². The highest BCUT2D eigenvalue weighted by Gasteiger charge is 2.04. The first kappa shape index (κ1) is 12.5. The lowest BCUT2D eigenvalue weighted by Crippen LogP contribution is -2.21. The molecule has 0 atom stereocenters. The van der Waals surface area contributed by atoms with Gasteiger partial charge in [0.25, 0.3) is 0 Å². The molecule has 0 radical (unpaired) electrons. The van der Waals surface area contributed by atoms with Crippen molar-refractivity contribution < 1.29 is 9.47 Å². The van der Waals surface area contributed by atoms with Gasteiger partial charge in [0.15, 0.2) is 0 Å². The number of aromatic nitrogens is 2. The maximum absolute atomic E-state index is 5.04. The third kappa shape index (κ3) is 3.90. The van der Waals surface area contributed by atoms with Crippen LogP contribution in [0, 0.1) is 0 Å². The van der Waals surface area contributed by atoms with Crippen molar-refractivity contribution in [3.05, 3.63) is 6.07 Å². The third-order valence-corrected chi connectivity index (χ3v) is 1.94. The van der Waals surface area contributed by atoms with E-state index >= 15 is 0 Å². The third-order valence-electron chi connectivity index (χ3n) is 1.94. The Bertz CT molecular complexity index is 308. The molecule has 0 aliphatic carbocycles. The molecule has 1 aromatic heterocycles. The summed E-state index contributed by atoms with van der Waals surface area (Å²) in [6, 6.07) is 1.64. The fourth-order valence-electron chi connectivity index (χ4n) is 1.08.